The van der Waals surface area contributed by atoms with Crippen LogP contribution in [0.4, 0.5) is 11.6 Å². The van der Waals surface area contributed by atoms with Gasteiger partial charge in [-0.2, -0.15) is 5.26 Å². The molecule has 2 aromatic rings. The molecule has 0 aromatic carbocycles. The second-order valence-electron chi connectivity index (χ2n) is 4.57. The molecule has 3 heterocycles. The second kappa shape index (κ2) is 6.52. The molecular weight excluding hydrogens is 286 g/mol. The van der Waals surface area contributed by atoms with Gasteiger partial charge >= 0.3 is 0 Å². The van der Waals surface area contributed by atoms with Crippen molar-refractivity contribution < 1.29 is 4.74 Å². The van der Waals surface area contributed by atoms with Gasteiger partial charge in [-0.1, -0.05) is 6.07 Å². The van der Waals surface area contributed by atoms with E-state index < -0.39 is 0 Å². The van der Waals surface area contributed by atoms with Gasteiger partial charge in [0.15, 0.2) is 5.82 Å². The fourth-order valence-electron chi connectivity index (χ4n) is 2.21. The van der Waals surface area contributed by atoms with Crippen molar-refractivity contribution in [3.63, 3.8) is 0 Å². The maximum Gasteiger partial charge on any atom is 0.152 e. The minimum absolute atomic E-state index is 0.496. The number of morpholine rings is 1. The van der Waals surface area contributed by atoms with Crippen LogP contribution in [0.25, 0.3) is 0 Å². The Hall–Kier alpha value is -2.17. The zero-order valence-corrected chi connectivity index (χ0v) is 12.3. The number of hydrogen-bond donors (Lipinski definition) is 1. The van der Waals surface area contributed by atoms with Gasteiger partial charge in [-0.15, -0.1) is 11.3 Å². The number of nitriles is 1. The molecule has 0 saturated carbocycles. The van der Waals surface area contributed by atoms with Crippen LogP contribution in [0.2, 0.25) is 0 Å². The van der Waals surface area contributed by atoms with Crippen LogP contribution in [-0.4, -0.2) is 36.3 Å². The third-order valence-electron chi connectivity index (χ3n) is 3.26. The molecule has 1 saturated heterocycles. The van der Waals surface area contributed by atoms with E-state index in [0.29, 0.717) is 37.0 Å². The molecular formula is C14H15N5OS. The summed E-state index contributed by atoms with van der Waals surface area (Å²) in [5.74, 6) is 1.27. The molecule has 1 aliphatic rings. The molecule has 0 bridgehead atoms. The third kappa shape index (κ3) is 3.12. The molecule has 108 valence electrons. The number of nitrogens with one attached hydrogen (secondary N) is 1. The summed E-state index contributed by atoms with van der Waals surface area (Å²) in [6.45, 7) is 3.47. The van der Waals surface area contributed by atoms with Gasteiger partial charge < -0.3 is 15.0 Å². The first-order valence-corrected chi connectivity index (χ1v) is 7.60. The molecule has 21 heavy (non-hydrogen) atoms. The summed E-state index contributed by atoms with van der Waals surface area (Å²) in [6.07, 6.45) is 1.50. The van der Waals surface area contributed by atoms with E-state index in [1.807, 2.05) is 17.5 Å². The van der Waals surface area contributed by atoms with Gasteiger partial charge in [0.05, 0.1) is 19.8 Å². The third-order valence-corrected chi connectivity index (χ3v) is 4.14. The smallest absolute Gasteiger partial charge is 0.152 e. The molecule has 7 heteroatoms. The SMILES string of the molecule is N#Cc1c(NCc2cccs2)ncnc1N1CCOCC1. The molecule has 0 radical (unpaired) electrons. The van der Waals surface area contributed by atoms with Crippen molar-refractivity contribution in [2.45, 2.75) is 6.54 Å². The lowest BCUT2D eigenvalue weighted by atomic mass is 10.2. The standard InChI is InChI=1S/C14H15N5OS/c15-8-12-13(16-9-11-2-1-7-21-11)17-10-18-14(12)19-3-5-20-6-4-19/h1-2,7,10H,3-6,9H2,(H,16,17,18). The van der Waals surface area contributed by atoms with Crippen molar-refractivity contribution in [2.24, 2.45) is 0 Å². The van der Waals surface area contributed by atoms with Gasteiger partial charge in [0, 0.05) is 18.0 Å². The second-order valence-corrected chi connectivity index (χ2v) is 5.60. The zero-order valence-electron chi connectivity index (χ0n) is 11.5. The molecule has 0 amide bonds. The van der Waals surface area contributed by atoms with Crippen molar-refractivity contribution in [3.8, 4) is 6.07 Å². The summed E-state index contributed by atoms with van der Waals surface area (Å²) in [7, 11) is 0. The Bertz CT molecular complexity index is 631. The Morgan fingerprint density at radius 2 is 2.24 bits per heavy atom. The van der Waals surface area contributed by atoms with Crippen molar-refractivity contribution in [3.05, 3.63) is 34.3 Å². The van der Waals surface area contributed by atoms with Crippen LogP contribution in [0.5, 0.6) is 0 Å². The minimum Gasteiger partial charge on any atom is -0.378 e. The van der Waals surface area contributed by atoms with Crippen LogP contribution in [0.15, 0.2) is 23.8 Å². The molecule has 2 aromatic heterocycles. The topological polar surface area (TPSA) is 74.1 Å². The maximum absolute atomic E-state index is 9.46. The van der Waals surface area contributed by atoms with Crippen LogP contribution in [0, 0.1) is 11.3 Å². The lowest BCUT2D eigenvalue weighted by molar-refractivity contribution is 0.122. The normalized spacial score (nSPS) is 14.7. The maximum atomic E-state index is 9.46. The van der Waals surface area contributed by atoms with Crippen molar-refractivity contribution >= 4 is 23.0 Å². The van der Waals surface area contributed by atoms with Crippen molar-refractivity contribution in [1.82, 2.24) is 9.97 Å². The van der Waals surface area contributed by atoms with E-state index in [4.69, 9.17) is 4.74 Å². The summed E-state index contributed by atoms with van der Waals surface area (Å²) < 4.78 is 5.34. The molecule has 3 rings (SSSR count). The van der Waals surface area contributed by atoms with Gasteiger partial charge in [0.2, 0.25) is 0 Å². The van der Waals surface area contributed by atoms with Crippen LogP contribution in [0.1, 0.15) is 10.4 Å². The molecule has 1 aliphatic heterocycles. The monoisotopic (exact) mass is 301 g/mol. The highest BCUT2D eigenvalue weighted by molar-refractivity contribution is 7.09. The van der Waals surface area contributed by atoms with Crippen LogP contribution in [0.3, 0.4) is 0 Å². The van der Waals surface area contributed by atoms with Gasteiger partial charge in [0.1, 0.15) is 23.8 Å². The predicted octanol–water partition coefficient (Wildman–Crippen LogP) is 1.86. The first kappa shape index (κ1) is 13.8. The fourth-order valence-corrected chi connectivity index (χ4v) is 2.86. The highest BCUT2D eigenvalue weighted by atomic mass is 32.1. The Morgan fingerprint density at radius 1 is 1.38 bits per heavy atom. The minimum atomic E-state index is 0.496. The van der Waals surface area contributed by atoms with E-state index in [-0.39, 0.29) is 0 Å². The Morgan fingerprint density at radius 3 is 2.95 bits per heavy atom. The number of hydrogen-bond acceptors (Lipinski definition) is 7. The van der Waals surface area contributed by atoms with Gasteiger partial charge in [-0.05, 0) is 11.4 Å². The molecule has 0 unspecified atom stereocenters. The summed E-state index contributed by atoms with van der Waals surface area (Å²) in [5.41, 5.74) is 0.496. The van der Waals surface area contributed by atoms with Crippen LogP contribution >= 0.6 is 11.3 Å². The molecule has 0 aliphatic carbocycles. The summed E-state index contributed by atoms with van der Waals surface area (Å²) >= 11 is 1.67. The number of anilines is 2. The first-order chi connectivity index (χ1) is 10.4. The molecule has 1 fully saturated rings. The van der Waals surface area contributed by atoms with Crippen molar-refractivity contribution in [1.29, 1.82) is 5.26 Å². The predicted molar refractivity (Wildman–Crippen MR) is 81.4 cm³/mol. The number of thiophene rings is 1. The highest BCUT2D eigenvalue weighted by Crippen LogP contribution is 2.24. The summed E-state index contributed by atoms with van der Waals surface area (Å²) in [5, 5.41) is 14.7. The lowest BCUT2D eigenvalue weighted by Gasteiger charge is -2.28. The van der Waals surface area contributed by atoms with Crippen molar-refractivity contribution in [2.75, 3.05) is 36.5 Å². The average Bonchev–Trinajstić information content (AvgIpc) is 3.06. The molecule has 6 nitrogen and oxygen atoms in total. The van der Waals surface area contributed by atoms with E-state index in [2.05, 4.69) is 26.3 Å². The summed E-state index contributed by atoms with van der Waals surface area (Å²) in [4.78, 5) is 11.8. The zero-order chi connectivity index (χ0) is 14.5. The van der Waals surface area contributed by atoms with E-state index >= 15 is 0 Å². The van der Waals surface area contributed by atoms with Crippen LogP contribution < -0.4 is 10.2 Å². The number of nitrogens with zero attached hydrogens (tertiary/aromatic N) is 4. The molecule has 0 atom stereocenters. The molecule has 1 N–H and O–H groups in total. The number of rotatable bonds is 4. The van der Waals surface area contributed by atoms with E-state index in [9.17, 15) is 5.26 Å². The lowest BCUT2D eigenvalue weighted by Crippen LogP contribution is -2.37. The van der Waals surface area contributed by atoms with Gasteiger partial charge in [-0.3, -0.25) is 0 Å². The fraction of sp³-hybridized carbons (Fsp3) is 0.357. The number of aromatic nitrogens is 2. The molecule has 0 spiro atoms. The van der Waals surface area contributed by atoms with E-state index in [1.165, 1.54) is 11.2 Å². The largest absolute Gasteiger partial charge is 0.378 e. The van der Waals surface area contributed by atoms with Crippen LogP contribution in [-0.2, 0) is 11.3 Å². The van der Waals surface area contributed by atoms with Gasteiger partial charge in [-0.25, -0.2) is 9.97 Å². The number of ether oxygens (including phenoxy) is 1. The Kier molecular flexibility index (Phi) is 4.28. The summed E-state index contributed by atoms with van der Waals surface area (Å²) in [6, 6.07) is 6.28. The first-order valence-electron chi connectivity index (χ1n) is 6.72. The van der Waals surface area contributed by atoms with Gasteiger partial charge in [0.25, 0.3) is 0 Å². The quantitative estimate of drug-likeness (QED) is 0.929. The van der Waals surface area contributed by atoms with E-state index in [1.54, 1.807) is 11.3 Å². The Labute approximate surface area is 127 Å². The highest BCUT2D eigenvalue weighted by Gasteiger charge is 2.19. The van der Waals surface area contributed by atoms with E-state index in [0.717, 1.165) is 13.1 Å². The Balaban J connectivity index is 1.81. The average molecular weight is 301 g/mol.